The smallest absolute Gasteiger partial charge is 0.289 e. The van der Waals surface area contributed by atoms with E-state index in [1.807, 2.05) is 53.7 Å². The predicted molar refractivity (Wildman–Crippen MR) is 147 cm³/mol. The fraction of sp³-hybridized carbons (Fsp3) is 0.355. The molecule has 0 saturated carbocycles. The van der Waals surface area contributed by atoms with Crippen LogP contribution in [0.2, 0.25) is 0 Å². The molecule has 10 heteroatoms. The van der Waals surface area contributed by atoms with Crippen LogP contribution < -0.4 is 5.30 Å². The van der Waals surface area contributed by atoms with Gasteiger partial charge in [-0.3, -0.25) is 14.2 Å². The highest BCUT2D eigenvalue weighted by molar-refractivity contribution is 7.71. The molecule has 3 aromatic rings. The van der Waals surface area contributed by atoms with Gasteiger partial charge < -0.3 is 0 Å². The van der Waals surface area contributed by atoms with Crippen molar-refractivity contribution in [2.75, 3.05) is 0 Å². The van der Waals surface area contributed by atoms with Gasteiger partial charge in [0.2, 0.25) is 5.52 Å². The summed E-state index contributed by atoms with van der Waals surface area (Å²) in [6, 6.07) is 10.2. The lowest BCUT2D eigenvalue weighted by molar-refractivity contribution is -0.143. The second-order valence-electron chi connectivity index (χ2n) is 10.7. The molecule has 0 aromatic heterocycles. The first-order chi connectivity index (χ1) is 18.9. The Morgan fingerprint density at radius 3 is 1.54 bits per heavy atom. The Labute approximate surface area is 235 Å². The van der Waals surface area contributed by atoms with Gasteiger partial charge in [0.25, 0.3) is 0 Å². The predicted octanol–water partition coefficient (Wildman–Crippen LogP) is 9.62. The molecule has 0 aliphatic carbocycles. The molecule has 0 fully saturated rings. The lowest BCUT2D eigenvalue weighted by Crippen LogP contribution is -2.22. The molecule has 3 nitrogen and oxygen atoms in total. The van der Waals surface area contributed by atoms with Crippen molar-refractivity contribution < 1.29 is 40.5 Å². The van der Waals surface area contributed by atoms with Crippen LogP contribution in [0, 0.1) is 0 Å². The molecular formula is C31H30F6O3P. The van der Waals surface area contributed by atoms with Crippen LogP contribution in [0.5, 0.6) is 0 Å². The molecule has 1 atom stereocenters. The third-order valence-electron chi connectivity index (χ3n) is 6.80. The summed E-state index contributed by atoms with van der Waals surface area (Å²) in [7, 11) is -3.56. The van der Waals surface area contributed by atoms with Crippen molar-refractivity contribution in [2.45, 2.75) is 71.6 Å². The summed E-state index contributed by atoms with van der Waals surface area (Å²) in [6.45, 7) is 11.6. The molecule has 0 aliphatic heterocycles. The molecule has 1 radical (unpaired) electrons. The van der Waals surface area contributed by atoms with Gasteiger partial charge in [-0.05, 0) is 58.7 Å². The van der Waals surface area contributed by atoms with E-state index in [9.17, 15) is 40.5 Å². The summed E-state index contributed by atoms with van der Waals surface area (Å²) >= 11 is 0. The quantitative estimate of drug-likeness (QED) is 0.148. The SMILES string of the molecule is CC(C)c1cc(C(C)C)c(C(=O)c2ccccc2[P](=O)C(=O)c2c(C(F)(F)F)cccc2C(F)(F)F)c(C(C)C)c1. The van der Waals surface area contributed by atoms with Crippen LogP contribution in [-0.2, 0) is 16.9 Å². The topological polar surface area (TPSA) is 51.2 Å². The minimum Gasteiger partial charge on any atom is -0.289 e. The number of alkyl halides is 6. The monoisotopic (exact) mass is 595 g/mol. The summed E-state index contributed by atoms with van der Waals surface area (Å²) < 4.78 is 95.9. The highest BCUT2D eigenvalue weighted by atomic mass is 31.1. The number of carbonyl (C=O) groups excluding carboxylic acids is 2. The number of hydrogen-bond donors (Lipinski definition) is 0. The Bertz CT molecular complexity index is 1440. The maximum absolute atomic E-state index is 14.1. The average molecular weight is 596 g/mol. The Morgan fingerprint density at radius 1 is 0.659 bits per heavy atom. The zero-order valence-corrected chi connectivity index (χ0v) is 24.3. The number of rotatable bonds is 8. The van der Waals surface area contributed by atoms with Gasteiger partial charge in [0.1, 0.15) is 0 Å². The van der Waals surface area contributed by atoms with Crippen molar-refractivity contribution in [3.63, 3.8) is 0 Å². The van der Waals surface area contributed by atoms with E-state index in [1.165, 1.54) is 18.2 Å². The first-order valence-electron chi connectivity index (χ1n) is 13.0. The summed E-state index contributed by atoms with van der Waals surface area (Å²) in [5.41, 5.74) is -4.81. The van der Waals surface area contributed by atoms with Crippen molar-refractivity contribution in [3.05, 3.63) is 99.1 Å². The molecule has 0 bridgehead atoms. The van der Waals surface area contributed by atoms with Crippen LogP contribution in [0.4, 0.5) is 26.3 Å². The summed E-state index contributed by atoms with van der Waals surface area (Å²) in [6.07, 6.45) is -10.7. The normalized spacial score (nSPS) is 12.8. The molecule has 0 aliphatic rings. The van der Waals surface area contributed by atoms with Gasteiger partial charge in [-0.25, -0.2) is 0 Å². The molecular weight excluding hydrogens is 565 g/mol. The van der Waals surface area contributed by atoms with E-state index >= 15 is 0 Å². The summed E-state index contributed by atoms with van der Waals surface area (Å²) in [5.74, 6) is -0.717. The minimum atomic E-state index is -5.33. The van der Waals surface area contributed by atoms with Crippen LogP contribution in [0.1, 0.15) is 113 Å². The second-order valence-corrected chi connectivity index (χ2v) is 12.2. The standard InChI is InChI=1S/C31H30F6O3P/c1-16(2)19-14-21(17(3)4)26(22(15-19)18(5)6)28(38)20-10-7-8-13-25(20)41(40)29(39)27-23(30(32,33)34)11-9-12-24(27)31(35,36)37/h7-18H,1-6H3. The highest BCUT2D eigenvalue weighted by Gasteiger charge is 2.44. The molecule has 0 spiro atoms. The molecule has 219 valence electrons. The van der Waals surface area contributed by atoms with Crippen LogP contribution in [0.3, 0.4) is 0 Å². The minimum absolute atomic E-state index is 0.124. The van der Waals surface area contributed by atoms with Crippen molar-refractivity contribution in [3.8, 4) is 0 Å². The van der Waals surface area contributed by atoms with E-state index in [1.54, 1.807) is 0 Å². The third kappa shape index (κ3) is 6.61. The second kappa shape index (κ2) is 11.9. The van der Waals surface area contributed by atoms with Gasteiger partial charge in [0, 0.05) is 11.1 Å². The number of hydrogen-bond acceptors (Lipinski definition) is 3. The fourth-order valence-corrected chi connectivity index (χ4v) is 5.94. The average Bonchev–Trinajstić information content (AvgIpc) is 2.89. The lowest BCUT2D eigenvalue weighted by atomic mass is 9.81. The zero-order chi connectivity index (χ0) is 31.0. The van der Waals surface area contributed by atoms with E-state index in [0.29, 0.717) is 34.9 Å². The first-order valence-corrected chi connectivity index (χ1v) is 14.2. The molecule has 0 heterocycles. The Kier molecular flexibility index (Phi) is 9.33. The number of carbonyl (C=O) groups is 2. The molecule has 0 amide bonds. The Hall–Kier alpha value is -3.32. The lowest BCUT2D eigenvalue weighted by Gasteiger charge is -2.23. The maximum Gasteiger partial charge on any atom is 0.417 e. The Morgan fingerprint density at radius 2 is 1.12 bits per heavy atom. The van der Waals surface area contributed by atoms with Crippen molar-refractivity contribution in [1.82, 2.24) is 0 Å². The van der Waals surface area contributed by atoms with E-state index in [-0.39, 0.29) is 23.3 Å². The summed E-state index contributed by atoms with van der Waals surface area (Å²) in [5, 5.41) is -0.431. The van der Waals surface area contributed by atoms with Gasteiger partial charge in [0.15, 0.2) is 13.6 Å². The molecule has 0 saturated heterocycles. The first kappa shape index (κ1) is 32.2. The maximum atomic E-state index is 14.1. The molecule has 3 rings (SSSR count). The van der Waals surface area contributed by atoms with Gasteiger partial charge in [-0.2, -0.15) is 26.3 Å². The van der Waals surface area contributed by atoms with Crippen molar-refractivity contribution >= 4 is 24.4 Å². The van der Waals surface area contributed by atoms with Crippen molar-refractivity contribution in [2.24, 2.45) is 0 Å². The van der Waals surface area contributed by atoms with Gasteiger partial charge in [0.05, 0.1) is 22.0 Å². The largest absolute Gasteiger partial charge is 0.417 e. The third-order valence-corrected chi connectivity index (χ3v) is 8.22. The number of ketones is 1. The zero-order valence-electron chi connectivity index (χ0n) is 23.4. The van der Waals surface area contributed by atoms with E-state index in [0.717, 1.165) is 11.6 Å². The van der Waals surface area contributed by atoms with Crippen LogP contribution in [0.15, 0.2) is 54.6 Å². The fourth-order valence-electron chi connectivity index (χ4n) is 4.66. The molecule has 1 unspecified atom stereocenters. The van der Waals surface area contributed by atoms with E-state index in [4.69, 9.17) is 0 Å². The molecule has 41 heavy (non-hydrogen) atoms. The van der Waals surface area contributed by atoms with Crippen molar-refractivity contribution in [1.29, 1.82) is 0 Å². The number of halogens is 6. The van der Waals surface area contributed by atoms with Crippen LogP contribution >= 0.6 is 7.80 Å². The highest BCUT2D eigenvalue weighted by Crippen LogP contribution is 2.43. The van der Waals surface area contributed by atoms with Gasteiger partial charge in [-0.15, -0.1) is 0 Å². The number of benzene rings is 3. The molecule has 0 N–H and O–H groups in total. The molecule has 3 aromatic carbocycles. The van der Waals surface area contributed by atoms with Gasteiger partial charge >= 0.3 is 12.4 Å². The van der Waals surface area contributed by atoms with E-state index in [2.05, 4.69) is 0 Å². The van der Waals surface area contributed by atoms with Crippen LogP contribution in [0.25, 0.3) is 0 Å². The summed E-state index contributed by atoms with van der Waals surface area (Å²) in [4.78, 5) is 27.4. The van der Waals surface area contributed by atoms with E-state index < -0.39 is 53.5 Å². The Balaban J connectivity index is 2.27. The van der Waals surface area contributed by atoms with Gasteiger partial charge in [-0.1, -0.05) is 71.9 Å². The van der Waals surface area contributed by atoms with Crippen LogP contribution in [-0.4, -0.2) is 11.3 Å².